The fourth-order valence-corrected chi connectivity index (χ4v) is 1.05. The molecule has 82 valence electrons. The molecule has 0 unspecified atom stereocenters. The summed E-state index contributed by atoms with van der Waals surface area (Å²) < 4.78 is 0. The topological polar surface area (TPSA) is 101 Å². The normalized spacial score (nSPS) is 9.93. The Morgan fingerprint density at radius 2 is 2.47 bits per heavy atom. The largest absolute Gasteiger partial charge is 0.350 e. The molecular formula is C8H12N4O3. The molecule has 0 bridgehead atoms. The molecule has 0 saturated carbocycles. The van der Waals surface area contributed by atoms with Gasteiger partial charge in [0.25, 0.3) is 5.91 Å². The molecule has 0 radical (unpaired) electrons. The second kappa shape index (κ2) is 5.08. The fourth-order valence-electron chi connectivity index (χ4n) is 1.05. The van der Waals surface area contributed by atoms with Crippen molar-refractivity contribution >= 4 is 11.6 Å². The van der Waals surface area contributed by atoms with Crippen LogP contribution in [0.2, 0.25) is 0 Å². The van der Waals surface area contributed by atoms with Gasteiger partial charge < -0.3 is 5.32 Å². The van der Waals surface area contributed by atoms with Crippen LogP contribution < -0.4 is 5.32 Å². The molecule has 0 fully saturated rings. The van der Waals surface area contributed by atoms with Crippen molar-refractivity contribution in [2.24, 2.45) is 0 Å². The molecule has 0 aromatic carbocycles. The molecule has 7 nitrogen and oxygen atoms in total. The van der Waals surface area contributed by atoms with Crippen LogP contribution >= 0.6 is 0 Å². The predicted molar refractivity (Wildman–Crippen MR) is 52.5 cm³/mol. The van der Waals surface area contributed by atoms with Gasteiger partial charge in [-0.3, -0.25) is 20.0 Å². The number of amides is 1. The summed E-state index contributed by atoms with van der Waals surface area (Å²) in [5.41, 5.74) is -0.403. The number of nitrogens with zero attached hydrogens (tertiary/aromatic N) is 2. The lowest BCUT2D eigenvalue weighted by atomic mass is 10.3. The number of rotatable bonds is 5. The second-order valence-corrected chi connectivity index (χ2v) is 3.00. The van der Waals surface area contributed by atoms with Crippen molar-refractivity contribution in [1.29, 1.82) is 0 Å². The van der Waals surface area contributed by atoms with E-state index in [1.165, 1.54) is 0 Å². The van der Waals surface area contributed by atoms with Gasteiger partial charge >= 0.3 is 5.69 Å². The third-order valence-corrected chi connectivity index (χ3v) is 1.86. The Hall–Kier alpha value is -1.92. The summed E-state index contributed by atoms with van der Waals surface area (Å²) >= 11 is 0. The summed E-state index contributed by atoms with van der Waals surface area (Å²) in [6.07, 6.45) is 2.81. The van der Waals surface area contributed by atoms with Gasteiger partial charge in [0.05, 0.1) is 4.92 Å². The number of nitro groups is 1. The van der Waals surface area contributed by atoms with Crippen molar-refractivity contribution in [3.63, 3.8) is 0 Å². The highest BCUT2D eigenvalue weighted by molar-refractivity contribution is 5.95. The number of unbranched alkanes of at least 4 members (excludes halogenated alkanes) is 1. The first kappa shape index (κ1) is 11.2. The Labute approximate surface area is 86.0 Å². The molecule has 15 heavy (non-hydrogen) atoms. The minimum absolute atomic E-state index is 0.101. The van der Waals surface area contributed by atoms with E-state index in [4.69, 9.17) is 0 Å². The van der Waals surface area contributed by atoms with Gasteiger partial charge in [-0.15, -0.1) is 0 Å². The first-order valence-electron chi connectivity index (χ1n) is 4.62. The van der Waals surface area contributed by atoms with Gasteiger partial charge in [-0.2, -0.15) is 5.10 Å². The molecule has 1 heterocycles. The molecule has 0 aliphatic rings. The molecular weight excluding hydrogens is 200 g/mol. The summed E-state index contributed by atoms with van der Waals surface area (Å²) in [6.45, 7) is 2.50. The second-order valence-electron chi connectivity index (χ2n) is 3.00. The first-order chi connectivity index (χ1) is 7.16. The Bertz CT molecular complexity index is 361. The minimum Gasteiger partial charge on any atom is -0.350 e. The van der Waals surface area contributed by atoms with Crippen LogP contribution in [0.4, 0.5) is 5.69 Å². The highest BCUT2D eigenvalue weighted by Gasteiger charge is 2.21. The Morgan fingerprint density at radius 3 is 3.07 bits per heavy atom. The molecule has 1 rings (SSSR count). The zero-order valence-electron chi connectivity index (χ0n) is 8.32. The Morgan fingerprint density at radius 1 is 1.73 bits per heavy atom. The molecule has 2 N–H and O–H groups in total. The molecule has 0 spiro atoms. The average Bonchev–Trinajstić information content (AvgIpc) is 2.66. The molecule has 0 atom stereocenters. The van der Waals surface area contributed by atoms with Crippen LogP contribution in [0.1, 0.15) is 30.3 Å². The third-order valence-electron chi connectivity index (χ3n) is 1.86. The summed E-state index contributed by atoms with van der Waals surface area (Å²) in [7, 11) is 0. The quantitative estimate of drug-likeness (QED) is 0.429. The van der Waals surface area contributed by atoms with Crippen LogP contribution in [0.15, 0.2) is 6.20 Å². The highest BCUT2D eigenvalue weighted by atomic mass is 16.6. The summed E-state index contributed by atoms with van der Waals surface area (Å²) in [6, 6.07) is 0. The maximum atomic E-state index is 11.4. The number of H-pyrrole nitrogens is 1. The van der Waals surface area contributed by atoms with Crippen molar-refractivity contribution in [3.8, 4) is 0 Å². The van der Waals surface area contributed by atoms with Gasteiger partial charge in [0.1, 0.15) is 6.20 Å². The van der Waals surface area contributed by atoms with E-state index >= 15 is 0 Å². The van der Waals surface area contributed by atoms with Crippen molar-refractivity contribution in [2.75, 3.05) is 6.54 Å². The minimum atomic E-state index is -0.641. The Balaban J connectivity index is 2.65. The number of nitrogens with one attached hydrogen (secondary N) is 2. The zero-order valence-corrected chi connectivity index (χ0v) is 8.32. The maximum Gasteiger partial charge on any atom is 0.319 e. The molecule has 1 amide bonds. The van der Waals surface area contributed by atoms with Gasteiger partial charge in [-0.1, -0.05) is 13.3 Å². The standard InChI is InChI=1S/C8H12N4O3/c1-2-3-4-9-8(13)7-6(12(14)15)5-10-11-7/h5H,2-4H2,1H3,(H,9,13)(H,10,11). The molecule has 1 aromatic rings. The van der Waals surface area contributed by atoms with Crippen molar-refractivity contribution in [2.45, 2.75) is 19.8 Å². The van der Waals surface area contributed by atoms with E-state index in [2.05, 4.69) is 15.5 Å². The van der Waals surface area contributed by atoms with Crippen LogP contribution in [0.3, 0.4) is 0 Å². The lowest BCUT2D eigenvalue weighted by Gasteiger charge is -2.00. The van der Waals surface area contributed by atoms with Crippen molar-refractivity contribution < 1.29 is 9.72 Å². The van der Waals surface area contributed by atoms with Crippen LogP contribution in [0.25, 0.3) is 0 Å². The summed E-state index contributed by atoms with van der Waals surface area (Å²) in [4.78, 5) is 21.3. The smallest absolute Gasteiger partial charge is 0.319 e. The van der Waals surface area contributed by atoms with E-state index in [1.807, 2.05) is 6.92 Å². The van der Waals surface area contributed by atoms with Gasteiger partial charge in [0.15, 0.2) is 0 Å². The number of aromatic amines is 1. The summed E-state index contributed by atoms with van der Waals surface area (Å²) in [5, 5.41) is 18.8. The third kappa shape index (κ3) is 2.76. The Kier molecular flexibility index (Phi) is 3.78. The molecule has 0 aliphatic heterocycles. The van der Waals surface area contributed by atoms with Gasteiger partial charge in [0.2, 0.25) is 5.69 Å². The number of aromatic nitrogens is 2. The molecule has 0 saturated heterocycles. The van der Waals surface area contributed by atoms with Crippen molar-refractivity contribution in [1.82, 2.24) is 15.5 Å². The predicted octanol–water partition coefficient (Wildman–Crippen LogP) is 0.848. The monoisotopic (exact) mass is 212 g/mol. The lowest BCUT2D eigenvalue weighted by molar-refractivity contribution is -0.385. The maximum absolute atomic E-state index is 11.4. The fraction of sp³-hybridized carbons (Fsp3) is 0.500. The number of hydrogen-bond donors (Lipinski definition) is 2. The molecule has 0 aliphatic carbocycles. The van der Waals surface area contributed by atoms with E-state index in [0.717, 1.165) is 19.0 Å². The molecule has 7 heteroatoms. The molecule has 1 aromatic heterocycles. The van der Waals surface area contributed by atoms with Crippen LogP contribution in [0.5, 0.6) is 0 Å². The SMILES string of the molecule is CCCCNC(=O)c1[nH]ncc1[N+](=O)[O-]. The number of carbonyl (C=O) groups excluding carboxylic acids is 1. The average molecular weight is 212 g/mol. The zero-order chi connectivity index (χ0) is 11.3. The van der Waals surface area contributed by atoms with Crippen LogP contribution in [-0.2, 0) is 0 Å². The first-order valence-corrected chi connectivity index (χ1v) is 4.62. The highest BCUT2D eigenvalue weighted by Crippen LogP contribution is 2.13. The van der Waals surface area contributed by atoms with Gasteiger partial charge in [0, 0.05) is 6.54 Å². The van der Waals surface area contributed by atoms with Crippen LogP contribution in [0, 0.1) is 10.1 Å². The van der Waals surface area contributed by atoms with E-state index in [0.29, 0.717) is 6.54 Å². The number of carbonyl (C=O) groups is 1. The lowest BCUT2D eigenvalue weighted by Crippen LogP contribution is -2.25. The van der Waals surface area contributed by atoms with Gasteiger partial charge in [-0.05, 0) is 6.42 Å². The van der Waals surface area contributed by atoms with Crippen molar-refractivity contribution in [3.05, 3.63) is 22.0 Å². The van der Waals surface area contributed by atoms with E-state index < -0.39 is 10.8 Å². The van der Waals surface area contributed by atoms with E-state index in [1.54, 1.807) is 0 Å². The van der Waals surface area contributed by atoms with E-state index in [9.17, 15) is 14.9 Å². The number of hydrogen-bond acceptors (Lipinski definition) is 4. The van der Waals surface area contributed by atoms with Crippen LogP contribution in [-0.4, -0.2) is 27.6 Å². The van der Waals surface area contributed by atoms with Gasteiger partial charge in [-0.25, -0.2) is 0 Å². The summed E-state index contributed by atoms with van der Waals surface area (Å²) in [5.74, 6) is -0.493. The van der Waals surface area contributed by atoms with E-state index in [-0.39, 0.29) is 11.4 Å².